The zero-order chi connectivity index (χ0) is 14.1. The van der Waals surface area contributed by atoms with Gasteiger partial charge in [-0.2, -0.15) is 14.0 Å². The third kappa shape index (κ3) is 2.20. The van der Waals surface area contributed by atoms with Crippen LogP contribution in [-0.2, 0) is 0 Å². The third-order valence-corrected chi connectivity index (χ3v) is 3.79. The fourth-order valence-electron chi connectivity index (χ4n) is 1.94. The molecule has 0 bridgehead atoms. The summed E-state index contributed by atoms with van der Waals surface area (Å²) in [5.41, 5.74) is 4.52. The van der Waals surface area contributed by atoms with Crippen LogP contribution in [0.2, 0.25) is 5.02 Å². The van der Waals surface area contributed by atoms with Gasteiger partial charge in [0.25, 0.3) is 0 Å². The van der Waals surface area contributed by atoms with Crippen LogP contribution >= 0.6 is 23.3 Å². The first-order valence-corrected chi connectivity index (χ1v) is 6.98. The van der Waals surface area contributed by atoms with Gasteiger partial charge in [-0.05, 0) is 36.8 Å². The lowest BCUT2D eigenvalue weighted by Gasteiger charge is -2.11. The summed E-state index contributed by atoms with van der Waals surface area (Å²) in [5.74, 6) is 0. The van der Waals surface area contributed by atoms with Crippen LogP contribution in [-0.4, -0.2) is 8.75 Å². The highest BCUT2D eigenvalue weighted by molar-refractivity contribution is 7.00. The second-order valence-corrected chi connectivity index (χ2v) is 5.28. The van der Waals surface area contributed by atoms with Gasteiger partial charge in [0.1, 0.15) is 17.1 Å². The molecule has 0 aliphatic heterocycles. The summed E-state index contributed by atoms with van der Waals surface area (Å²) in [6.07, 6.45) is 0. The molecule has 98 valence electrons. The number of aryl methyl sites for hydroxylation is 1. The number of anilines is 2. The van der Waals surface area contributed by atoms with Crippen molar-refractivity contribution in [3.05, 3.63) is 46.5 Å². The number of nitrogens with one attached hydrogen (secondary N) is 1. The molecule has 0 spiro atoms. The SMILES string of the molecule is Cc1ccc(C#N)c(Nc2c(Cl)ccc3nsnc23)c1. The molecule has 0 saturated carbocycles. The maximum absolute atomic E-state index is 9.18. The first-order valence-electron chi connectivity index (χ1n) is 5.87. The van der Waals surface area contributed by atoms with E-state index in [1.807, 2.05) is 25.1 Å². The number of hydrogen-bond donors (Lipinski definition) is 1. The maximum Gasteiger partial charge on any atom is 0.129 e. The van der Waals surface area contributed by atoms with Crippen LogP contribution in [0.25, 0.3) is 11.0 Å². The van der Waals surface area contributed by atoms with E-state index in [9.17, 15) is 5.26 Å². The highest BCUT2D eigenvalue weighted by Crippen LogP contribution is 2.33. The largest absolute Gasteiger partial charge is 0.351 e. The van der Waals surface area contributed by atoms with Crippen molar-refractivity contribution in [1.82, 2.24) is 8.75 Å². The lowest BCUT2D eigenvalue weighted by Crippen LogP contribution is -1.96. The summed E-state index contributed by atoms with van der Waals surface area (Å²) in [6, 6.07) is 11.4. The highest BCUT2D eigenvalue weighted by atomic mass is 35.5. The monoisotopic (exact) mass is 300 g/mol. The van der Waals surface area contributed by atoms with Crippen molar-refractivity contribution in [2.75, 3.05) is 5.32 Å². The molecule has 0 amide bonds. The van der Waals surface area contributed by atoms with Gasteiger partial charge in [-0.3, -0.25) is 0 Å². The number of nitrogens with zero attached hydrogens (tertiary/aromatic N) is 3. The van der Waals surface area contributed by atoms with Crippen LogP contribution in [0.5, 0.6) is 0 Å². The molecule has 0 unspecified atom stereocenters. The summed E-state index contributed by atoms with van der Waals surface area (Å²) in [7, 11) is 0. The molecule has 3 aromatic rings. The molecule has 0 saturated heterocycles. The summed E-state index contributed by atoms with van der Waals surface area (Å²) in [5, 5.41) is 12.9. The summed E-state index contributed by atoms with van der Waals surface area (Å²) in [6.45, 7) is 1.97. The van der Waals surface area contributed by atoms with Crippen molar-refractivity contribution < 1.29 is 0 Å². The van der Waals surface area contributed by atoms with E-state index in [2.05, 4.69) is 20.1 Å². The highest BCUT2D eigenvalue weighted by Gasteiger charge is 2.12. The average Bonchev–Trinajstić information content (AvgIpc) is 2.91. The first kappa shape index (κ1) is 12.9. The van der Waals surface area contributed by atoms with Crippen LogP contribution in [0.1, 0.15) is 11.1 Å². The molecule has 1 aromatic heterocycles. The Hall–Kier alpha value is -2.16. The number of fused-ring (bicyclic) bond motifs is 1. The van der Waals surface area contributed by atoms with Gasteiger partial charge >= 0.3 is 0 Å². The zero-order valence-electron chi connectivity index (χ0n) is 10.5. The van der Waals surface area contributed by atoms with Crippen molar-refractivity contribution in [1.29, 1.82) is 5.26 Å². The number of nitriles is 1. The van der Waals surface area contributed by atoms with Gasteiger partial charge in [0.05, 0.1) is 33.7 Å². The zero-order valence-corrected chi connectivity index (χ0v) is 12.1. The smallest absolute Gasteiger partial charge is 0.129 e. The lowest BCUT2D eigenvalue weighted by molar-refractivity contribution is 1.41. The molecule has 6 heteroatoms. The van der Waals surface area contributed by atoms with Gasteiger partial charge < -0.3 is 5.32 Å². The molecule has 0 aliphatic carbocycles. The fourth-order valence-corrected chi connectivity index (χ4v) is 2.68. The molecule has 0 fully saturated rings. The van der Waals surface area contributed by atoms with E-state index in [0.717, 1.165) is 28.5 Å². The van der Waals surface area contributed by atoms with E-state index in [0.29, 0.717) is 21.8 Å². The molecular formula is C14H9ClN4S. The van der Waals surface area contributed by atoms with Gasteiger partial charge in [-0.25, -0.2) is 0 Å². The number of hydrogen-bond acceptors (Lipinski definition) is 5. The van der Waals surface area contributed by atoms with Gasteiger partial charge in [-0.15, -0.1) is 0 Å². The predicted molar refractivity (Wildman–Crippen MR) is 81.6 cm³/mol. The standard InChI is InChI=1S/C14H9ClN4S/c1-8-2-3-9(7-16)12(6-8)17-13-10(15)4-5-11-14(13)19-20-18-11/h2-6,17H,1H3. The van der Waals surface area contributed by atoms with E-state index < -0.39 is 0 Å². The molecule has 0 radical (unpaired) electrons. The summed E-state index contributed by atoms with van der Waals surface area (Å²) in [4.78, 5) is 0. The Morgan fingerprint density at radius 3 is 2.90 bits per heavy atom. The van der Waals surface area contributed by atoms with Crippen molar-refractivity contribution in [2.24, 2.45) is 0 Å². The molecule has 1 heterocycles. The Balaban J connectivity index is 2.14. The van der Waals surface area contributed by atoms with Crippen LogP contribution in [0.3, 0.4) is 0 Å². The Labute approximate surface area is 125 Å². The number of rotatable bonds is 2. The molecule has 4 nitrogen and oxygen atoms in total. The minimum absolute atomic E-state index is 0.551. The molecule has 0 atom stereocenters. The normalized spacial score (nSPS) is 10.4. The summed E-state index contributed by atoms with van der Waals surface area (Å²) < 4.78 is 8.44. The van der Waals surface area contributed by atoms with Crippen molar-refractivity contribution in [2.45, 2.75) is 6.92 Å². The molecule has 3 rings (SSSR count). The molecule has 2 aromatic carbocycles. The van der Waals surface area contributed by atoms with Crippen LogP contribution in [0, 0.1) is 18.3 Å². The van der Waals surface area contributed by atoms with Gasteiger partial charge in [0, 0.05) is 0 Å². The number of benzene rings is 2. The van der Waals surface area contributed by atoms with E-state index in [1.54, 1.807) is 12.1 Å². The fraction of sp³-hybridized carbons (Fsp3) is 0.0714. The Morgan fingerprint density at radius 1 is 1.25 bits per heavy atom. The van der Waals surface area contributed by atoms with Crippen LogP contribution in [0.4, 0.5) is 11.4 Å². The minimum atomic E-state index is 0.551. The number of halogens is 1. The quantitative estimate of drug-likeness (QED) is 0.768. The number of aromatic nitrogens is 2. The van der Waals surface area contributed by atoms with Crippen LogP contribution in [0.15, 0.2) is 30.3 Å². The van der Waals surface area contributed by atoms with Crippen molar-refractivity contribution in [3.8, 4) is 6.07 Å². The van der Waals surface area contributed by atoms with E-state index in [4.69, 9.17) is 11.6 Å². The molecule has 0 aliphatic rings. The van der Waals surface area contributed by atoms with Crippen molar-refractivity contribution in [3.63, 3.8) is 0 Å². The lowest BCUT2D eigenvalue weighted by atomic mass is 10.1. The second kappa shape index (κ2) is 5.08. The molecule has 1 N–H and O–H groups in total. The Kier molecular flexibility index (Phi) is 3.26. The first-order chi connectivity index (χ1) is 9.69. The predicted octanol–water partition coefficient (Wildman–Crippen LogP) is 4.27. The van der Waals surface area contributed by atoms with Crippen molar-refractivity contribution >= 4 is 45.7 Å². The Bertz CT molecular complexity index is 835. The minimum Gasteiger partial charge on any atom is -0.351 e. The van der Waals surface area contributed by atoms with Gasteiger partial charge in [0.15, 0.2) is 0 Å². The topological polar surface area (TPSA) is 61.6 Å². The molecule has 20 heavy (non-hydrogen) atoms. The van der Waals surface area contributed by atoms with Gasteiger partial charge in [-0.1, -0.05) is 17.7 Å². The van der Waals surface area contributed by atoms with E-state index in [-0.39, 0.29) is 0 Å². The third-order valence-electron chi connectivity index (χ3n) is 2.93. The Morgan fingerprint density at radius 2 is 2.10 bits per heavy atom. The molecular weight excluding hydrogens is 292 g/mol. The second-order valence-electron chi connectivity index (χ2n) is 4.34. The van der Waals surface area contributed by atoms with E-state index in [1.165, 1.54) is 0 Å². The maximum atomic E-state index is 9.18. The summed E-state index contributed by atoms with van der Waals surface area (Å²) >= 11 is 7.37. The van der Waals surface area contributed by atoms with Crippen LogP contribution < -0.4 is 5.32 Å². The average molecular weight is 301 g/mol. The van der Waals surface area contributed by atoms with Gasteiger partial charge in [0.2, 0.25) is 0 Å². The van der Waals surface area contributed by atoms with E-state index >= 15 is 0 Å².